The van der Waals surface area contributed by atoms with Crippen LogP contribution in [0.3, 0.4) is 0 Å². The Hall–Kier alpha value is -0.570. The number of amides is 1. The quantitative estimate of drug-likeness (QED) is 0.767. The number of hydrogen-bond donors (Lipinski definition) is 2. The van der Waals surface area contributed by atoms with Gasteiger partial charge >= 0.3 is 0 Å². The molecule has 0 saturated heterocycles. The minimum Gasteiger partial charge on any atom is -0.354 e. The van der Waals surface area contributed by atoms with E-state index >= 15 is 0 Å². The molecular formula is C13H24N2O. The van der Waals surface area contributed by atoms with Crippen LogP contribution in [0.1, 0.15) is 58.3 Å². The van der Waals surface area contributed by atoms with Crippen molar-refractivity contribution in [2.45, 2.75) is 63.8 Å². The Bertz CT molecular complexity index is 265. The Morgan fingerprint density at radius 2 is 1.81 bits per heavy atom. The zero-order valence-electron chi connectivity index (χ0n) is 10.3. The standard InChI is InChI=1S/C13H24N2O/c1-2-12(6-3-4-7-12)11(16)15-10-13(14)8-5-9-13/h2-10,14H2,1H3,(H,15,16). The second kappa shape index (κ2) is 4.36. The van der Waals surface area contributed by atoms with Gasteiger partial charge in [-0.25, -0.2) is 0 Å². The number of carbonyl (C=O) groups excluding carboxylic acids is 1. The van der Waals surface area contributed by atoms with Gasteiger partial charge in [-0.3, -0.25) is 4.79 Å². The third-order valence-electron chi connectivity index (χ3n) is 4.67. The predicted molar refractivity (Wildman–Crippen MR) is 65.0 cm³/mol. The van der Waals surface area contributed by atoms with Gasteiger partial charge in [-0.05, 0) is 38.5 Å². The fraction of sp³-hybridized carbons (Fsp3) is 0.923. The highest BCUT2D eigenvalue weighted by Gasteiger charge is 2.40. The van der Waals surface area contributed by atoms with Crippen molar-refractivity contribution in [2.24, 2.45) is 11.1 Å². The first-order chi connectivity index (χ1) is 7.60. The molecule has 0 radical (unpaired) electrons. The Morgan fingerprint density at radius 3 is 2.25 bits per heavy atom. The lowest BCUT2D eigenvalue weighted by atomic mass is 9.77. The normalized spacial score (nSPS) is 26.1. The van der Waals surface area contributed by atoms with Crippen molar-refractivity contribution in [3.8, 4) is 0 Å². The molecular weight excluding hydrogens is 200 g/mol. The average molecular weight is 224 g/mol. The van der Waals surface area contributed by atoms with Gasteiger partial charge in [-0.1, -0.05) is 19.8 Å². The van der Waals surface area contributed by atoms with Crippen LogP contribution in [0.5, 0.6) is 0 Å². The monoisotopic (exact) mass is 224 g/mol. The highest BCUT2D eigenvalue weighted by atomic mass is 16.2. The molecule has 2 fully saturated rings. The van der Waals surface area contributed by atoms with Crippen molar-refractivity contribution >= 4 is 5.91 Å². The summed E-state index contributed by atoms with van der Waals surface area (Å²) in [6.45, 7) is 2.81. The Kier molecular flexibility index (Phi) is 3.24. The third kappa shape index (κ3) is 2.10. The molecule has 0 aromatic carbocycles. The molecule has 0 aromatic heterocycles. The fourth-order valence-electron chi connectivity index (χ4n) is 3.04. The lowest BCUT2D eigenvalue weighted by molar-refractivity contribution is -0.131. The molecule has 0 atom stereocenters. The summed E-state index contributed by atoms with van der Waals surface area (Å²) in [7, 11) is 0. The van der Waals surface area contributed by atoms with Crippen molar-refractivity contribution < 1.29 is 4.79 Å². The smallest absolute Gasteiger partial charge is 0.226 e. The number of nitrogens with one attached hydrogen (secondary N) is 1. The number of nitrogens with two attached hydrogens (primary N) is 1. The van der Waals surface area contributed by atoms with Gasteiger partial charge in [0, 0.05) is 17.5 Å². The van der Waals surface area contributed by atoms with Crippen molar-refractivity contribution in [3.05, 3.63) is 0 Å². The first kappa shape index (κ1) is 11.9. The summed E-state index contributed by atoms with van der Waals surface area (Å²) in [5, 5.41) is 3.09. The van der Waals surface area contributed by atoms with E-state index in [4.69, 9.17) is 5.73 Å². The molecule has 3 N–H and O–H groups in total. The van der Waals surface area contributed by atoms with E-state index in [0.717, 1.165) is 32.1 Å². The van der Waals surface area contributed by atoms with Gasteiger partial charge < -0.3 is 11.1 Å². The molecule has 0 heterocycles. The molecule has 3 heteroatoms. The first-order valence-electron chi connectivity index (χ1n) is 6.67. The molecule has 0 spiro atoms. The Labute approximate surface area is 98.2 Å². The van der Waals surface area contributed by atoms with Gasteiger partial charge in [-0.2, -0.15) is 0 Å². The first-order valence-corrected chi connectivity index (χ1v) is 6.67. The second-order valence-electron chi connectivity index (χ2n) is 5.74. The molecule has 16 heavy (non-hydrogen) atoms. The van der Waals surface area contributed by atoms with Gasteiger partial charge in [0.1, 0.15) is 0 Å². The largest absolute Gasteiger partial charge is 0.354 e. The van der Waals surface area contributed by atoms with E-state index in [2.05, 4.69) is 12.2 Å². The van der Waals surface area contributed by atoms with Gasteiger partial charge in [0.15, 0.2) is 0 Å². The van der Waals surface area contributed by atoms with Crippen molar-refractivity contribution in [2.75, 3.05) is 6.54 Å². The number of rotatable bonds is 4. The maximum atomic E-state index is 12.2. The lowest BCUT2D eigenvalue weighted by Crippen LogP contribution is -2.56. The predicted octanol–water partition coefficient (Wildman–Crippen LogP) is 1.95. The van der Waals surface area contributed by atoms with Crippen LogP contribution in [-0.2, 0) is 4.79 Å². The molecule has 2 aliphatic carbocycles. The van der Waals surface area contributed by atoms with Gasteiger partial charge in [0.2, 0.25) is 5.91 Å². The summed E-state index contributed by atoms with van der Waals surface area (Å²) in [6.07, 6.45) is 8.84. The summed E-state index contributed by atoms with van der Waals surface area (Å²) in [6, 6.07) is 0. The lowest BCUT2D eigenvalue weighted by Gasteiger charge is -2.39. The molecule has 0 bridgehead atoms. The van der Waals surface area contributed by atoms with Crippen molar-refractivity contribution in [1.29, 1.82) is 0 Å². The van der Waals surface area contributed by atoms with Crippen LogP contribution in [0.15, 0.2) is 0 Å². The van der Waals surface area contributed by atoms with Crippen molar-refractivity contribution in [1.82, 2.24) is 5.32 Å². The highest BCUT2D eigenvalue weighted by Crippen LogP contribution is 2.41. The van der Waals surface area contributed by atoms with E-state index in [0.29, 0.717) is 6.54 Å². The van der Waals surface area contributed by atoms with Crippen LogP contribution in [0.25, 0.3) is 0 Å². The molecule has 0 unspecified atom stereocenters. The fourth-order valence-corrected chi connectivity index (χ4v) is 3.04. The van der Waals surface area contributed by atoms with Crippen LogP contribution in [-0.4, -0.2) is 18.0 Å². The molecule has 3 nitrogen and oxygen atoms in total. The van der Waals surface area contributed by atoms with Crippen LogP contribution >= 0.6 is 0 Å². The van der Waals surface area contributed by atoms with Gasteiger partial charge in [0.25, 0.3) is 0 Å². The van der Waals surface area contributed by atoms with E-state index in [1.165, 1.54) is 19.3 Å². The van der Waals surface area contributed by atoms with Crippen molar-refractivity contribution in [3.63, 3.8) is 0 Å². The topological polar surface area (TPSA) is 55.1 Å². The molecule has 1 amide bonds. The summed E-state index contributed by atoms with van der Waals surface area (Å²) >= 11 is 0. The molecule has 2 aliphatic rings. The van der Waals surface area contributed by atoms with E-state index < -0.39 is 0 Å². The summed E-state index contributed by atoms with van der Waals surface area (Å²) < 4.78 is 0. The molecule has 0 aromatic rings. The molecule has 92 valence electrons. The van der Waals surface area contributed by atoms with Crippen LogP contribution < -0.4 is 11.1 Å². The zero-order chi connectivity index (χ0) is 11.6. The van der Waals surface area contributed by atoms with E-state index in [9.17, 15) is 4.79 Å². The minimum absolute atomic E-state index is 0.0693. The molecule has 2 rings (SSSR count). The maximum absolute atomic E-state index is 12.2. The summed E-state index contributed by atoms with van der Waals surface area (Å²) in [4.78, 5) is 12.2. The Morgan fingerprint density at radius 1 is 1.19 bits per heavy atom. The average Bonchev–Trinajstić information content (AvgIpc) is 2.73. The Balaban J connectivity index is 1.86. The molecule has 0 aliphatic heterocycles. The summed E-state index contributed by atoms with van der Waals surface area (Å²) in [5.74, 6) is 0.254. The van der Waals surface area contributed by atoms with Gasteiger partial charge in [-0.15, -0.1) is 0 Å². The third-order valence-corrected chi connectivity index (χ3v) is 4.67. The second-order valence-corrected chi connectivity index (χ2v) is 5.74. The number of carbonyl (C=O) groups is 1. The maximum Gasteiger partial charge on any atom is 0.226 e. The van der Waals surface area contributed by atoms with E-state index in [1.54, 1.807) is 0 Å². The van der Waals surface area contributed by atoms with Crippen LogP contribution in [0.4, 0.5) is 0 Å². The van der Waals surface area contributed by atoms with Crippen LogP contribution in [0.2, 0.25) is 0 Å². The van der Waals surface area contributed by atoms with Crippen LogP contribution in [0, 0.1) is 5.41 Å². The highest BCUT2D eigenvalue weighted by molar-refractivity contribution is 5.82. The number of hydrogen-bond acceptors (Lipinski definition) is 2. The van der Waals surface area contributed by atoms with Gasteiger partial charge in [0.05, 0.1) is 0 Å². The summed E-state index contributed by atoms with van der Waals surface area (Å²) in [5.41, 5.74) is 5.96. The SMILES string of the molecule is CCC1(C(=O)NCC2(N)CCC2)CCCC1. The molecule has 2 saturated carbocycles. The van der Waals surface area contributed by atoms with E-state index in [1.807, 2.05) is 0 Å². The van der Waals surface area contributed by atoms with E-state index in [-0.39, 0.29) is 16.9 Å². The zero-order valence-corrected chi connectivity index (χ0v) is 10.3. The minimum atomic E-state index is -0.0941.